The molecule has 3 heterocycles. The number of anilines is 2. The van der Waals surface area contributed by atoms with Crippen LogP contribution in [0.2, 0.25) is 0 Å². The molecule has 0 bridgehead atoms. The zero-order valence-corrected chi connectivity index (χ0v) is 14.4. The molecule has 4 rings (SSSR count). The second kappa shape index (κ2) is 7.34. The first kappa shape index (κ1) is 16.3. The highest BCUT2D eigenvalue weighted by atomic mass is 15.2. The molecule has 5 nitrogen and oxygen atoms in total. The summed E-state index contributed by atoms with van der Waals surface area (Å²) >= 11 is 0. The van der Waals surface area contributed by atoms with Crippen LogP contribution in [-0.4, -0.2) is 28.0 Å². The number of hydrogen-bond donors (Lipinski definition) is 2. The van der Waals surface area contributed by atoms with Crippen LogP contribution in [0.25, 0.3) is 22.3 Å². The molecule has 0 atom stereocenters. The average Bonchev–Trinajstić information content (AvgIpc) is 3.09. The number of nitrogens with two attached hydrogens (primary N) is 1. The number of rotatable bonds is 2. The lowest BCUT2D eigenvalue weighted by atomic mass is 10.1. The number of nitrogens with one attached hydrogen (secondary N) is 1. The first-order chi connectivity index (χ1) is 11.8. The third-order valence-electron chi connectivity index (χ3n) is 4.28. The number of H-pyrrole nitrogens is 1. The number of aromatic amines is 1. The van der Waals surface area contributed by atoms with Gasteiger partial charge in [-0.25, -0.2) is 9.97 Å². The summed E-state index contributed by atoms with van der Waals surface area (Å²) in [5.74, 6) is 1.04. The summed E-state index contributed by atoms with van der Waals surface area (Å²) in [7, 11) is 0. The topological polar surface area (TPSA) is 70.8 Å². The SMILES string of the molecule is CC.Nc1ccc(-c2cc3c(N4CCCCC4)ncnc3[nH]2)cc1. The van der Waals surface area contributed by atoms with E-state index in [1.807, 2.05) is 38.1 Å². The highest BCUT2D eigenvalue weighted by Crippen LogP contribution is 2.30. The molecular formula is C19H25N5. The molecule has 1 aromatic carbocycles. The number of benzene rings is 1. The molecule has 0 amide bonds. The Labute approximate surface area is 142 Å². The van der Waals surface area contributed by atoms with Crippen LogP contribution in [0.5, 0.6) is 0 Å². The Morgan fingerprint density at radius 1 is 1.00 bits per heavy atom. The number of fused-ring (bicyclic) bond motifs is 1. The van der Waals surface area contributed by atoms with E-state index in [1.54, 1.807) is 6.33 Å². The molecule has 126 valence electrons. The van der Waals surface area contributed by atoms with E-state index in [4.69, 9.17) is 5.73 Å². The monoisotopic (exact) mass is 323 g/mol. The van der Waals surface area contributed by atoms with Crippen molar-refractivity contribution in [2.24, 2.45) is 0 Å². The van der Waals surface area contributed by atoms with Gasteiger partial charge in [0.25, 0.3) is 0 Å². The van der Waals surface area contributed by atoms with E-state index < -0.39 is 0 Å². The van der Waals surface area contributed by atoms with Crippen molar-refractivity contribution >= 4 is 22.5 Å². The molecule has 0 aliphatic carbocycles. The van der Waals surface area contributed by atoms with Crippen molar-refractivity contribution < 1.29 is 0 Å². The third kappa shape index (κ3) is 3.20. The lowest BCUT2D eigenvalue weighted by Gasteiger charge is -2.27. The molecule has 3 N–H and O–H groups in total. The van der Waals surface area contributed by atoms with Gasteiger partial charge in [-0.1, -0.05) is 26.0 Å². The second-order valence-corrected chi connectivity index (χ2v) is 5.81. The minimum absolute atomic E-state index is 0.772. The Kier molecular flexibility index (Phi) is 4.99. The van der Waals surface area contributed by atoms with Crippen molar-refractivity contribution in [3.05, 3.63) is 36.7 Å². The van der Waals surface area contributed by atoms with Crippen LogP contribution < -0.4 is 10.6 Å². The molecule has 3 aromatic rings. The van der Waals surface area contributed by atoms with E-state index in [1.165, 1.54) is 19.3 Å². The summed E-state index contributed by atoms with van der Waals surface area (Å²) < 4.78 is 0. The molecule has 0 unspecified atom stereocenters. The molecule has 0 saturated carbocycles. The molecule has 1 saturated heterocycles. The van der Waals surface area contributed by atoms with Crippen LogP contribution in [0.4, 0.5) is 11.5 Å². The number of nitrogen functional groups attached to an aromatic ring is 1. The van der Waals surface area contributed by atoms with Gasteiger partial charge in [-0.15, -0.1) is 0 Å². The quantitative estimate of drug-likeness (QED) is 0.693. The van der Waals surface area contributed by atoms with Gasteiger partial charge >= 0.3 is 0 Å². The average molecular weight is 323 g/mol. The van der Waals surface area contributed by atoms with Gasteiger partial charge in [0.1, 0.15) is 17.8 Å². The zero-order chi connectivity index (χ0) is 16.9. The molecule has 24 heavy (non-hydrogen) atoms. The van der Waals surface area contributed by atoms with E-state index in [2.05, 4.69) is 25.9 Å². The zero-order valence-electron chi connectivity index (χ0n) is 14.4. The largest absolute Gasteiger partial charge is 0.399 e. The lowest BCUT2D eigenvalue weighted by molar-refractivity contribution is 0.574. The first-order valence-corrected chi connectivity index (χ1v) is 8.76. The standard InChI is InChI=1S/C17H19N5.C2H6/c18-13-6-4-12(5-7-13)15-10-14-16(21-15)19-11-20-17(14)22-8-2-1-3-9-22;1-2/h4-7,10-11H,1-3,8-9,18H2,(H,19,20,21);1-2H3. The van der Waals surface area contributed by atoms with E-state index >= 15 is 0 Å². The predicted molar refractivity (Wildman–Crippen MR) is 101 cm³/mol. The van der Waals surface area contributed by atoms with E-state index in [9.17, 15) is 0 Å². The Bertz CT molecular complexity index is 785. The smallest absolute Gasteiger partial charge is 0.143 e. The molecule has 0 radical (unpaired) electrons. The van der Waals surface area contributed by atoms with E-state index in [-0.39, 0.29) is 0 Å². The number of nitrogens with zero attached hydrogens (tertiary/aromatic N) is 3. The molecule has 1 aliphatic heterocycles. The van der Waals surface area contributed by atoms with Crippen LogP contribution in [0.1, 0.15) is 33.1 Å². The van der Waals surface area contributed by atoms with Crippen LogP contribution in [0, 0.1) is 0 Å². The summed E-state index contributed by atoms with van der Waals surface area (Å²) in [6.07, 6.45) is 5.44. The van der Waals surface area contributed by atoms with Crippen LogP contribution >= 0.6 is 0 Å². The van der Waals surface area contributed by atoms with E-state index in [0.717, 1.165) is 46.9 Å². The third-order valence-corrected chi connectivity index (χ3v) is 4.28. The molecule has 0 spiro atoms. The second-order valence-electron chi connectivity index (χ2n) is 5.81. The fourth-order valence-electron chi connectivity index (χ4n) is 3.10. The molecular weight excluding hydrogens is 298 g/mol. The lowest BCUT2D eigenvalue weighted by Crippen LogP contribution is -2.30. The van der Waals surface area contributed by atoms with Crippen molar-refractivity contribution in [1.82, 2.24) is 15.0 Å². The summed E-state index contributed by atoms with van der Waals surface area (Å²) in [4.78, 5) is 14.7. The van der Waals surface area contributed by atoms with Crippen molar-refractivity contribution in [3.8, 4) is 11.3 Å². The summed E-state index contributed by atoms with van der Waals surface area (Å²) in [6, 6.07) is 10.0. The number of hydrogen-bond acceptors (Lipinski definition) is 4. The van der Waals surface area contributed by atoms with Crippen LogP contribution in [-0.2, 0) is 0 Å². The number of aromatic nitrogens is 3. The van der Waals surface area contributed by atoms with Crippen molar-refractivity contribution in [3.63, 3.8) is 0 Å². The van der Waals surface area contributed by atoms with Gasteiger partial charge in [0.15, 0.2) is 0 Å². The molecule has 2 aromatic heterocycles. The van der Waals surface area contributed by atoms with E-state index in [0.29, 0.717) is 0 Å². The minimum Gasteiger partial charge on any atom is -0.399 e. The summed E-state index contributed by atoms with van der Waals surface area (Å²) in [5.41, 5.74) is 9.58. The van der Waals surface area contributed by atoms with Gasteiger partial charge < -0.3 is 15.6 Å². The highest BCUT2D eigenvalue weighted by molar-refractivity contribution is 5.92. The molecule has 1 fully saturated rings. The van der Waals surface area contributed by atoms with Gasteiger partial charge in [0, 0.05) is 24.5 Å². The Morgan fingerprint density at radius 3 is 2.42 bits per heavy atom. The van der Waals surface area contributed by atoms with Crippen LogP contribution in [0.3, 0.4) is 0 Å². The maximum atomic E-state index is 5.76. The van der Waals surface area contributed by atoms with Crippen LogP contribution in [0.15, 0.2) is 36.7 Å². The normalized spacial score (nSPS) is 14.3. The summed E-state index contributed by atoms with van der Waals surface area (Å²) in [5, 5.41) is 1.09. The van der Waals surface area contributed by atoms with Gasteiger partial charge in [-0.2, -0.15) is 0 Å². The predicted octanol–water partition coefficient (Wildman–Crippen LogP) is 4.22. The minimum atomic E-state index is 0.772. The number of piperidine rings is 1. The van der Waals surface area contributed by atoms with Gasteiger partial charge in [-0.3, -0.25) is 0 Å². The molecule has 5 heteroatoms. The Morgan fingerprint density at radius 2 is 1.71 bits per heavy atom. The molecule has 1 aliphatic rings. The fraction of sp³-hybridized carbons (Fsp3) is 0.368. The van der Waals surface area contributed by atoms with Crippen molar-refractivity contribution in [2.45, 2.75) is 33.1 Å². The maximum Gasteiger partial charge on any atom is 0.143 e. The highest BCUT2D eigenvalue weighted by Gasteiger charge is 2.17. The fourth-order valence-corrected chi connectivity index (χ4v) is 3.10. The van der Waals surface area contributed by atoms with Crippen molar-refractivity contribution in [2.75, 3.05) is 23.7 Å². The van der Waals surface area contributed by atoms with Gasteiger partial charge in [-0.05, 0) is 43.0 Å². The maximum absolute atomic E-state index is 5.76. The summed E-state index contributed by atoms with van der Waals surface area (Å²) in [6.45, 7) is 6.16. The first-order valence-electron chi connectivity index (χ1n) is 8.76. The van der Waals surface area contributed by atoms with Gasteiger partial charge in [0.05, 0.1) is 5.39 Å². The Balaban J connectivity index is 0.000000815. The van der Waals surface area contributed by atoms with Crippen molar-refractivity contribution in [1.29, 1.82) is 0 Å². The Hall–Kier alpha value is -2.56. The van der Waals surface area contributed by atoms with Gasteiger partial charge in [0.2, 0.25) is 0 Å².